The molecule has 13 heavy (non-hydrogen) atoms. The highest BCUT2D eigenvalue weighted by Gasteiger charge is 2.28. The lowest BCUT2D eigenvalue weighted by atomic mass is 10.2. The summed E-state index contributed by atoms with van der Waals surface area (Å²) in [6, 6.07) is 0.317. The van der Waals surface area contributed by atoms with Crippen molar-refractivity contribution in [3.63, 3.8) is 0 Å². The van der Waals surface area contributed by atoms with Gasteiger partial charge in [0.1, 0.15) is 6.61 Å². The summed E-state index contributed by atoms with van der Waals surface area (Å²) >= 11 is 0. The minimum absolute atomic E-state index is 0.0470. The maximum atomic E-state index is 11.6. The van der Waals surface area contributed by atoms with Crippen molar-refractivity contribution in [1.29, 1.82) is 0 Å². The van der Waals surface area contributed by atoms with Crippen molar-refractivity contribution in [3.8, 4) is 0 Å². The van der Waals surface area contributed by atoms with E-state index in [9.17, 15) is 4.79 Å². The number of carbonyl (C=O) groups is 1. The molecule has 0 aliphatic carbocycles. The molecule has 2 unspecified atom stereocenters. The van der Waals surface area contributed by atoms with E-state index in [0.29, 0.717) is 13.2 Å². The highest BCUT2D eigenvalue weighted by Crippen LogP contribution is 2.12. The third-order valence-corrected chi connectivity index (χ3v) is 2.22. The minimum Gasteiger partial charge on any atom is -0.377 e. The SMILES string of the molecule is COCC(=O)N1C(C)COCC1C. The first-order valence-electron chi connectivity index (χ1n) is 4.54. The van der Waals surface area contributed by atoms with Gasteiger partial charge in [-0.05, 0) is 13.8 Å². The van der Waals surface area contributed by atoms with Crippen LogP contribution in [0, 0.1) is 0 Å². The average Bonchev–Trinajstić information content (AvgIpc) is 2.04. The van der Waals surface area contributed by atoms with Crippen LogP contribution < -0.4 is 0 Å². The predicted molar refractivity (Wildman–Crippen MR) is 48.5 cm³/mol. The smallest absolute Gasteiger partial charge is 0.249 e. The van der Waals surface area contributed by atoms with Gasteiger partial charge in [-0.15, -0.1) is 0 Å². The maximum absolute atomic E-state index is 11.6. The normalized spacial score (nSPS) is 29.0. The van der Waals surface area contributed by atoms with Crippen LogP contribution in [0.15, 0.2) is 0 Å². The third kappa shape index (κ3) is 2.42. The number of carbonyl (C=O) groups excluding carboxylic acids is 1. The van der Waals surface area contributed by atoms with Crippen LogP contribution in [0.2, 0.25) is 0 Å². The topological polar surface area (TPSA) is 38.8 Å². The molecular formula is C9H17NO3. The monoisotopic (exact) mass is 187 g/mol. The van der Waals surface area contributed by atoms with Gasteiger partial charge in [0.15, 0.2) is 0 Å². The van der Waals surface area contributed by atoms with Crippen molar-refractivity contribution < 1.29 is 14.3 Å². The Kier molecular flexibility index (Phi) is 3.69. The molecule has 1 aliphatic rings. The van der Waals surface area contributed by atoms with Crippen LogP contribution in [0.5, 0.6) is 0 Å². The quantitative estimate of drug-likeness (QED) is 0.623. The maximum Gasteiger partial charge on any atom is 0.249 e. The zero-order valence-corrected chi connectivity index (χ0v) is 8.45. The van der Waals surface area contributed by atoms with E-state index in [-0.39, 0.29) is 24.6 Å². The highest BCUT2D eigenvalue weighted by molar-refractivity contribution is 5.78. The first-order chi connectivity index (χ1) is 6.16. The Morgan fingerprint density at radius 3 is 2.46 bits per heavy atom. The average molecular weight is 187 g/mol. The van der Waals surface area contributed by atoms with Gasteiger partial charge >= 0.3 is 0 Å². The van der Waals surface area contributed by atoms with Gasteiger partial charge in [0.05, 0.1) is 25.3 Å². The Bertz CT molecular complexity index is 174. The number of hydrogen-bond acceptors (Lipinski definition) is 3. The summed E-state index contributed by atoms with van der Waals surface area (Å²) in [5.74, 6) is 0.0470. The van der Waals surface area contributed by atoms with Crippen LogP contribution in [0.1, 0.15) is 13.8 Å². The van der Waals surface area contributed by atoms with Crippen molar-refractivity contribution >= 4 is 5.91 Å². The summed E-state index contributed by atoms with van der Waals surface area (Å²) in [4.78, 5) is 13.4. The number of rotatable bonds is 2. The lowest BCUT2D eigenvalue weighted by Crippen LogP contribution is -2.53. The van der Waals surface area contributed by atoms with Crippen molar-refractivity contribution in [2.75, 3.05) is 26.9 Å². The molecule has 0 saturated carbocycles. The predicted octanol–water partition coefficient (Wildman–Crippen LogP) is 0.269. The fourth-order valence-electron chi connectivity index (χ4n) is 1.69. The Balaban J connectivity index is 2.57. The van der Waals surface area contributed by atoms with Crippen LogP contribution in [-0.2, 0) is 14.3 Å². The lowest BCUT2D eigenvalue weighted by molar-refractivity contribution is -0.148. The fraction of sp³-hybridized carbons (Fsp3) is 0.889. The molecule has 76 valence electrons. The highest BCUT2D eigenvalue weighted by atomic mass is 16.5. The van der Waals surface area contributed by atoms with Crippen molar-refractivity contribution in [3.05, 3.63) is 0 Å². The number of ether oxygens (including phenoxy) is 2. The second-order valence-corrected chi connectivity index (χ2v) is 3.47. The van der Waals surface area contributed by atoms with Crippen LogP contribution in [0.3, 0.4) is 0 Å². The molecule has 1 fully saturated rings. The van der Waals surface area contributed by atoms with Crippen molar-refractivity contribution in [2.24, 2.45) is 0 Å². The summed E-state index contributed by atoms with van der Waals surface area (Å²) in [6.07, 6.45) is 0. The van der Waals surface area contributed by atoms with E-state index in [4.69, 9.17) is 9.47 Å². The number of methoxy groups -OCH3 is 1. The van der Waals surface area contributed by atoms with Gasteiger partial charge in [-0.1, -0.05) is 0 Å². The molecule has 0 aromatic carbocycles. The molecule has 0 aromatic rings. The minimum atomic E-state index is 0.0470. The summed E-state index contributed by atoms with van der Waals surface area (Å²) < 4.78 is 10.1. The first-order valence-corrected chi connectivity index (χ1v) is 4.54. The number of morpholine rings is 1. The summed E-state index contributed by atoms with van der Waals surface area (Å²) in [5.41, 5.74) is 0. The van der Waals surface area contributed by atoms with E-state index in [1.54, 1.807) is 0 Å². The van der Waals surface area contributed by atoms with Crippen molar-refractivity contribution in [2.45, 2.75) is 25.9 Å². The van der Waals surface area contributed by atoms with Gasteiger partial charge in [0.2, 0.25) is 5.91 Å². The summed E-state index contributed by atoms with van der Waals surface area (Å²) in [5, 5.41) is 0. The number of amides is 1. The Hall–Kier alpha value is -0.610. The van der Waals surface area contributed by atoms with E-state index in [0.717, 1.165) is 0 Å². The van der Waals surface area contributed by atoms with Crippen LogP contribution in [0.25, 0.3) is 0 Å². The molecule has 0 N–H and O–H groups in total. The number of nitrogens with zero attached hydrogens (tertiary/aromatic N) is 1. The Morgan fingerprint density at radius 1 is 1.46 bits per heavy atom. The second kappa shape index (κ2) is 4.58. The van der Waals surface area contributed by atoms with Crippen LogP contribution in [0.4, 0.5) is 0 Å². The van der Waals surface area contributed by atoms with Crippen LogP contribution >= 0.6 is 0 Å². The van der Waals surface area contributed by atoms with Crippen LogP contribution in [-0.4, -0.2) is 49.8 Å². The van der Waals surface area contributed by atoms with Gasteiger partial charge in [-0.3, -0.25) is 4.79 Å². The molecule has 4 nitrogen and oxygen atoms in total. The largest absolute Gasteiger partial charge is 0.377 e. The molecule has 1 heterocycles. The van der Waals surface area contributed by atoms with Gasteiger partial charge < -0.3 is 14.4 Å². The van der Waals surface area contributed by atoms with Gasteiger partial charge in [-0.25, -0.2) is 0 Å². The van der Waals surface area contributed by atoms with E-state index in [2.05, 4.69) is 0 Å². The molecule has 1 saturated heterocycles. The Morgan fingerprint density at radius 2 is 2.00 bits per heavy atom. The lowest BCUT2D eigenvalue weighted by Gasteiger charge is -2.38. The zero-order chi connectivity index (χ0) is 9.84. The van der Waals surface area contributed by atoms with E-state index < -0.39 is 0 Å². The van der Waals surface area contributed by atoms with Crippen molar-refractivity contribution in [1.82, 2.24) is 4.90 Å². The van der Waals surface area contributed by atoms with Gasteiger partial charge in [0, 0.05) is 7.11 Å². The molecule has 4 heteroatoms. The summed E-state index contributed by atoms with van der Waals surface area (Å²) in [7, 11) is 1.54. The molecule has 0 radical (unpaired) electrons. The molecular weight excluding hydrogens is 170 g/mol. The molecule has 0 spiro atoms. The molecule has 1 aliphatic heterocycles. The molecule has 0 bridgehead atoms. The van der Waals surface area contributed by atoms with E-state index in [1.165, 1.54) is 7.11 Å². The van der Waals surface area contributed by atoms with Gasteiger partial charge in [0.25, 0.3) is 0 Å². The van der Waals surface area contributed by atoms with Gasteiger partial charge in [-0.2, -0.15) is 0 Å². The molecule has 1 amide bonds. The number of hydrogen-bond donors (Lipinski definition) is 0. The zero-order valence-electron chi connectivity index (χ0n) is 8.45. The van der Waals surface area contributed by atoms with E-state index >= 15 is 0 Å². The first kappa shape index (κ1) is 10.5. The fourth-order valence-corrected chi connectivity index (χ4v) is 1.69. The van der Waals surface area contributed by atoms with E-state index in [1.807, 2.05) is 18.7 Å². The summed E-state index contributed by atoms with van der Waals surface area (Å²) in [6.45, 7) is 5.39. The molecule has 2 atom stereocenters. The molecule has 1 rings (SSSR count). The second-order valence-electron chi connectivity index (χ2n) is 3.47. The Labute approximate surface area is 78.8 Å². The standard InChI is InChI=1S/C9H17NO3/c1-7-4-13-5-8(2)10(7)9(11)6-12-3/h7-8H,4-6H2,1-3H3. The third-order valence-electron chi connectivity index (χ3n) is 2.22. The molecule has 0 aromatic heterocycles.